The highest BCUT2D eigenvalue weighted by Gasteiger charge is 2.15. The first-order valence-electron chi connectivity index (χ1n) is 8.59. The van der Waals surface area contributed by atoms with Gasteiger partial charge in [-0.15, -0.1) is 11.3 Å². The van der Waals surface area contributed by atoms with Crippen molar-refractivity contribution in [2.45, 2.75) is 26.2 Å². The number of nitrogens with zero attached hydrogens (tertiary/aromatic N) is 3. The number of hydrazone groups is 1. The van der Waals surface area contributed by atoms with Gasteiger partial charge in [-0.25, -0.2) is 9.37 Å². The zero-order chi connectivity index (χ0) is 18.4. The molecule has 1 saturated heterocycles. The first-order valence-corrected chi connectivity index (χ1v) is 9.47. The van der Waals surface area contributed by atoms with E-state index in [0.29, 0.717) is 28.7 Å². The number of thiazole rings is 1. The van der Waals surface area contributed by atoms with Gasteiger partial charge in [0.25, 0.3) is 0 Å². The Morgan fingerprint density at radius 2 is 2.27 bits per heavy atom. The van der Waals surface area contributed by atoms with E-state index in [-0.39, 0.29) is 18.2 Å². The van der Waals surface area contributed by atoms with Crippen LogP contribution in [-0.2, 0) is 16.0 Å². The van der Waals surface area contributed by atoms with E-state index in [1.807, 2.05) is 6.07 Å². The Bertz CT molecular complexity index is 787. The minimum atomic E-state index is -0.304. The van der Waals surface area contributed by atoms with Gasteiger partial charge in [-0.05, 0) is 37.5 Å². The number of ether oxygens (including phenoxy) is 1. The molecule has 0 aliphatic carbocycles. The molecular weight excluding hydrogens is 355 g/mol. The molecule has 8 heteroatoms. The lowest BCUT2D eigenvalue weighted by Gasteiger charge is -2.18. The summed E-state index contributed by atoms with van der Waals surface area (Å²) in [6.07, 6.45) is 3.90. The van der Waals surface area contributed by atoms with Gasteiger partial charge in [0.2, 0.25) is 5.13 Å². The van der Waals surface area contributed by atoms with Gasteiger partial charge in [0, 0.05) is 18.5 Å². The normalized spacial score (nSPS) is 14.2. The average Bonchev–Trinajstić information content (AvgIpc) is 3.27. The predicted molar refractivity (Wildman–Crippen MR) is 102 cm³/mol. The second kappa shape index (κ2) is 8.75. The van der Waals surface area contributed by atoms with Crippen molar-refractivity contribution in [3.8, 4) is 0 Å². The van der Waals surface area contributed by atoms with E-state index in [4.69, 9.17) is 4.74 Å². The summed E-state index contributed by atoms with van der Waals surface area (Å²) in [5, 5.41) is 6.43. The monoisotopic (exact) mass is 376 g/mol. The Morgan fingerprint density at radius 1 is 1.46 bits per heavy atom. The second-order valence-corrected chi connectivity index (χ2v) is 6.76. The molecule has 1 aromatic heterocycles. The summed E-state index contributed by atoms with van der Waals surface area (Å²) < 4.78 is 19.2. The van der Waals surface area contributed by atoms with Crippen LogP contribution in [0.4, 0.5) is 15.2 Å². The molecule has 1 aliphatic rings. The molecule has 0 unspecified atom stereocenters. The van der Waals surface area contributed by atoms with Crippen molar-refractivity contribution in [3.05, 3.63) is 40.7 Å². The molecule has 2 aromatic rings. The van der Waals surface area contributed by atoms with Crippen molar-refractivity contribution in [1.82, 2.24) is 4.98 Å². The van der Waals surface area contributed by atoms with Crippen molar-refractivity contribution in [1.29, 1.82) is 0 Å². The molecule has 1 aliphatic heterocycles. The molecule has 6 nitrogen and oxygen atoms in total. The molecule has 0 atom stereocenters. The van der Waals surface area contributed by atoms with Crippen LogP contribution in [0.15, 0.2) is 28.7 Å². The van der Waals surface area contributed by atoms with Crippen molar-refractivity contribution >= 4 is 34.3 Å². The lowest BCUT2D eigenvalue weighted by molar-refractivity contribution is -0.142. The molecule has 0 spiro atoms. The SMILES string of the molecule is CCOC(=O)Cc1csc(NN=Cc2ccc(N3CCCC3)c(F)c2)n1. The number of carbonyl (C=O) groups excluding carboxylic acids is 1. The number of aromatic nitrogens is 1. The summed E-state index contributed by atoms with van der Waals surface area (Å²) >= 11 is 1.34. The van der Waals surface area contributed by atoms with E-state index in [2.05, 4.69) is 20.4 Å². The molecule has 0 amide bonds. The topological polar surface area (TPSA) is 66.8 Å². The lowest BCUT2D eigenvalue weighted by Crippen LogP contribution is -2.18. The Labute approximate surface area is 155 Å². The second-order valence-electron chi connectivity index (χ2n) is 5.90. The number of hydrogen-bond donors (Lipinski definition) is 1. The van der Waals surface area contributed by atoms with Gasteiger partial charge < -0.3 is 9.64 Å². The van der Waals surface area contributed by atoms with E-state index in [9.17, 15) is 9.18 Å². The third-order valence-electron chi connectivity index (χ3n) is 3.97. The van der Waals surface area contributed by atoms with Gasteiger partial charge in [-0.1, -0.05) is 6.07 Å². The van der Waals surface area contributed by atoms with Crippen LogP contribution in [0.25, 0.3) is 0 Å². The Kier molecular flexibility index (Phi) is 6.17. The van der Waals surface area contributed by atoms with Gasteiger partial charge in [-0.3, -0.25) is 10.2 Å². The molecule has 3 rings (SSSR count). The molecule has 1 fully saturated rings. The molecule has 138 valence electrons. The number of carbonyl (C=O) groups is 1. The van der Waals surface area contributed by atoms with Crippen LogP contribution in [0.3, 0.4) is 0 Å². The maximum absolute atomic E-state index is 14.3. The highest BCUT2D eigenvalue weighted by molar-refractivity contribution is 7.13. The van der Waals surface area contributed by atoms with Gasteiger partial charge >= 0.3 is 5.97 Å². The molecule has 1 aromatic carbocycles. The van der Waals surface area contributed by atoms with Crippen LogP contribution in [-0.4, -0.2) is 36.9 Å². The zero-order valence-corrected chi connectivity index (χ0v) is 15.4. The average molecular weight is 376 g/mol. The van der Waals surface area contributed by atoms with Crippen molar-refractivity contribution in [2.24, 2.45) is 5.10 Å². The number of rotatable bonds is 7. The molecule has 0 saturated carbocycles. The quantitative estimate of drug-likeness (QED) is 0.456. The largest absolute Gasteiger partial charge is 0.466 e. The molecule has 0 bridgehead atoms. The molecule has 1 N–H and O–H groups in total. The smallest absolute Gasteiger partial charge is 0.311 e. The van der Waals surface area contributed by atoms with E-state index in [0.717, 1.165) is 25.9 Å². The maximum Gasteiger partial charge on any atom is 0.311 e. The fourth-order valence-electron chi connectivity index (χ4n) is 2.78. The van der Waals surface area contributed by atoms with E-state index in [1.165, 1.54) is 17.4 Å². The highest BCUT2D eigenvalue weighted by atomic mass is 32.1. The number of nitrogens with one attached hydrogen (secondary N) is 1. The predicted octanol–water partition coefficient (Wildman–Crippen LogP) is 3.43. The van der Waals surface area contributed by atoms with E-state index >= 15 is 0 Å². The highest BCUT2D eigenvalue weighted by Crippen LogP contribution is 2.24. The summed E-state index contributed by atoms with van der Waals surface area (Å²) in [7, 11) is 0. The standard InChI is InChI=1S/C18H21FN4O2S/c1-2-25-17(24)10-14-12-26-18(21-14)22-20-11-13-5-6-16(15(19)9-13)23-7-3-4-8-23/h5-6,9,11-12H,2-4,7-8,10H2,1H3,(H,21,22). The number of halogens is 1. The minimum absolute atomic E-state index is 0.138. The van der Waals surface area contributed by atoms with Gasteiger partial charge in [0.15, 0.2) is 0 Å². The van der Waals surface area contributed by atoms with Crippen LogP contribution in [0, 0.1) is 5.82 Å². The first-order chi connectivity index (χ1) is 12.7. The van der Waals surface area contributed by atoms with E-state index in [1.54, 1.807) is 24.6 Å². The summed E-state index contributed by atoms with van der Waals surface area (Å²) in [4.78, 5) is 17.8. The van der Waals surface area contributed by atoms with Gasteiger partial charge in [-0.2, -0.15) is 5.10 Å². The van der Waals surface area contributed by atoms with Gasteiger partial charge in [0.05, 0.1) is 30.6 Å². The number of benzene rings is 1. The van der Waals surface area contributed by atoms with Crippen LogP contribution >= 0.6 is 11.3 Å². The maximum atomic E-state index is 14.3. The Morgan fingerprint density at radius 3 is 3.00 bits per heavy atom. The van der Waals surface area contributed by atoms with E-state index < -0.39 is 0 Å². The summed E-state index contributed by atoms with van der Waals surface area (Å²) in [5.74, 6) is -0.539. The minimum Gasteiger partial charge on any atom is -0.466 e. The van der Waals surface area contributed by atoms with Crippen molar-refractivity contribution < 1.29 is 13.9 Å². The third-order valence-corrected chi connectivity index (χ3v) is 4.77. The molecule has 26 heavy (non-hydrogen) atoms. The fraction of sp³-hybridized carbons (Fsp3) is 0.389. The molecule has 0 radical (unpaired) electrons. The Balaban J connectivity index is 1.56. The third kappa shape index (κ3) is 4.78. The molecular formula is C18H21FN4O2S. The van der Waals surface area contributed by atoms with Crippen LogP contribution in [0.2, 0.25) is 0 Å². The zero-order valence-electron chi connectivity index (χ0n) is 14.6. The first kappa shape index (κ1) is 18.3. The number of anilines is 2. The molecule has 2 heterocycles. The lowest BCUT2D eigenvalue weighted by atomic mass is 10.2. The summed E-state index contributed by atoms with van der Waals surface area (Å²) in [6.45, 7) is 3.93. The number of hydrogen-bond acceptors (Lipinski definition) is 7. The van der Waals surface area contributed by atoms with Crippen LogP contribution in [0.5, 0.6) is 0 Å². The van der Waals surface area contributed by atoms with Crippen molar-refractivity contribution in [2.75, 3.05) is 30.0 Å². The summed E-state index contributed by atoms with van der Waals surface area (Å²) in [6, 6.07) is 5.12. The van der Waals surface area contributed by atoms with Gasteiger partial charge in [0.1, 0.15) is 5.82 Å². The summed E-state index contributed by atoms with van der Waals surface area (Å²) in [5.41, 5.74) is 4.75. The number of esters is 1. The fourth-order valence-corrected chi connectivity index (χ4v) is 3.44. The van der Waals surface area contributed by atoms with Crippen LogP contribution in [0.1, 0.15) is 31.0 Å². The Hall–Kier alpha value is -2.48. The van der Waals surface area contributed by atoms with Crippen LogP contribution < -0.4 is 10.3 Å². The van der Waals surface area contributed by atoms with Crippen molar-refractivity contribution in [3.63, 3.8) is 0 Å².